The van der Waals surface area contributed by atoms with Crippen LogP contribution in [0.25, 0.3) is 12.2 Å². The number of furan rings is 2. The molecule has 0 spiro atoms. The molecule has 130 valence electrons. The van der Waals surface area contributed by atoms with Crippen LogP contribution >= 0.6 is 0 Å². The molecule has 25 heavy (non-hydrogen) atoms. The molecule has 3 N–H and O–H groups in total. The Kier molecular flexibility index (Phi) is 7.13. The van der Waals surface area contributed by atoms with Crippen LogP contribution in [0, 0.1) is 0 Å². The maximum atomic E-state index is 10.3. The highest BCUT2D eigenvalue weighted by atomic mass is 16.4. The van der Waals surface area contributed by atoms with Gasteiger partial charge in [0.25, 0.3) is 0 Å². The van der Waals surface area contributed by atoms with Gasteiger partial charge in [0.05, 0.1) is 0 Å². The summed E-state index contributed by atoms with van der Waals surface area (Å²) >= 11 is 0. The summed E-state index contributed by atoms with van der Waals surface area (Å²) in [4.78, 5) is 40.6. The molecule has 0 fully saturated rings. The van der Waals surface area contributed by atoms with Gasteiger partial charge in [-0.3, -0.25) is 4.79 Å². The summed E-state index contributed by atoms with van der Waals surface area (Å²) in [5.41, 5.74) is 0. The van der Waals surface area contributed by atoms with Crippen LogP contribution in [-0.4, -0.2) is 39.5 Å². The molecule has 2 heterocycles. The number of carbonyl (C=O) groups is 4. The van der Waals surface area contributed by atoms with E-state index in [1.807, 2.05) is 0 Å². The summed E-state index contributed by atoms with van der Waals surface area (Å²) in [7, 11) is 0. The van der Waals surface area contributed by atoms with E-state index >= 15 is 0 Å². The minimum Gasteiger partial charge on any atom is -0.478 e. The summed E-state index contributed by atoms with van der Waals surface area (Å²) in [6, 6.07) is 5.62. The van der Waals surface area contributed by atoms with Crippen LogP contribution in [0.3, 0.4) is 0 Å². The molecule has 0 unspecified atom stereocenters. The van der Waals surface area contributed by atoms with Crippen LogP contribution in [0.15, 0.2) is 45.3 Å². The molecular formula is C16H12O9. The van der Waals surface area contributed by atoms with Gasteiger partial charge in [-0.1, -0.05) is 0 Å². The lowest BCUT2D eigenvalue weighted by Crippen LogP contribution is -1.91. The molecule has 0 saturated carbocycles. The minimum atomic E-state index is -1.19. The predicted octanol–water partition coefficient (Wildman–Crippen LogP) is 2.27. The van der Waals surface area contributed by atoms with E-state index in [2.05, 4.69) is 0 Å². The highest BCUT2D eigenvalue weighted by Crippen LogP contribution is 2.09. The Labute approximate surface area is 140 Å². The van der Waals surface area contributed by atoms with Crippen molar-refractivity contribution in [3.63, 3.8) is 0 Å². The number of carbonyl (C=O) groups excluding carboxylic acids is 1. The van der Waals surface area contributed by atoms with Crippen molar-refractivity contribution < 1.29 is 43.3 Å². The van der Waals surface area contributed by atoms with Crippen molar-refractivity contribution >= 4 is 36.3 Å². The van der Waals surface area contributed by atoms with Gasteiger partial charge in [0.15, 0.2) is 12.0 Å². The fourth-order valence-electron chi connectivity index (χ4n) is 1.39. The monoisotopic (exact) mass is 348 g/mol. The fraction of sp³-hybridized carbons (Fsp3) is 0. The van der Waals surface area contributed by atoms with Crippen LogP contribution in [0.5, 0.6) is 0 Å². The van der Waals surface area contributed by atoms with Crippen molar-refractivity contribution in [1.29, 1.82) is 0 Å². The van der Waals surface area contributed by atoms with E-state index in [4.69, 9.17) is 24.2 Å². The Morgan fingerprint density at radius 1 is 0.760 bits per heavy atom. The van der Waals surface area contributed by atoms with E-state index in [0.29, 0.717) is 12.0 Å². The number of aromatic carboxylic acids is 1. The molecule has 0 amide bonds. The first-order chi connectivity index (χ1) is 11.8. The lowest BCUT2D eigenvalue weighted by molar-refractivity contribution is -0.132. The Balaban J connectivity index is 0.000000251. The molecule has 0 aliphatic carbocycles. The first-order valence-electron chi connectivity index (χ1n) is 6.52. The van der Waals surface area contributed by atoms with Gasteiger partial charge in [-0.05, 0) is 36.4 Å². The third-order valence-corrected chi connectivity index (χ3v) is 2.38. The molecule has 2 rings (SSSR count). The van der Waals surface area contributed by atoms with Crippen LogP contribution in [0.1, 0.15) is 32.6 Å². The van der Waals surface area contributed by atoms with Gasteiger partial charge in [-0.25, -0.2) is 14.4 Å². The van der Waals surface area contributed by atoms with Crippen molar-refractivity contribution in [1.82, 2.24) is 0 Å². The number of hydrogen-bond acceptors (Lipinski definition) is 6. The van der Waals surface area contributed by atoms with Gasteiger partial charge in [-0.2, -0.15) is 0 Å². The summed E-state index contributed by atoms with van der Waals surface area (Å²) in [6.45, 7) is 0. The molecule has 2 aromatic rings. The fourth-order valence-corrected chi connectivity index (χ4v) is 1.39. The number of aldehydes is 1. The highest BCUT2D eigenvalue weighted by molar-refractivity contribution is 5.86. The normalized spacial score (nSPS) is 10.4. The summed E-state index contributed by atoms with van der Waals surface area (Å²) < 4.78 is 9.61. The molecule has 9 heteroatoms. The first kappa shape index (κ1) is 19.2. The van der Waals surface area contributed by atoms with E-state index in [1.165, 1.54) is 36.4 Å². The average molecular weight is 348 g/mol. The number of hydrogen-bond donors (Lipinski definition) is 3. The van der Waals surface area contributed by atoms with E-state index in [1.54, 1.807) is 0 Å². The van der Waals surface area contributed by atoms with E-state index in [9.17, 15) is 19.2 Å². The SMILES string of the molecule is O=C(O)/C=C/c1ccc(C(=O)O)o1.O=Cc1ccc(/C=C/C(=O)O)o1. The second-order valence-electron chi connectivity index (χ2n) is 4.21. The zero-order valence-corrected chi connectivity index (χ0v) is 12.5. The second kappa shape index (κ2) is 9.30. The molecule has 2 aromatic heterocycles. The molecule has 0 radical (unpaired) electrons. The van der Waals surface area contributed by atoms with E-state index in [0.717, 1.165) is 12.2 Å². The van der Waals surface area contributed by atoms with Gasteiger partial charge in [0, 0.05) is 12.2 Å². The standard InChI is InChI=1S/C8H6O5.C8H6O4/c9-7(10)4-2-5-1-3-6(13-5)8(11)12;9-5-7-2-1-6(12-7)3-4-8(10)11/h1-4H,(H,9,10)(H,11,12);1-5H,(H,10,11)/b4-2+;4-3+. The minimum absolute atomic E-state index is 0.181. The quantitative estimate of drug-likeness (QED) is 0.526. The number of carboxylic acid groups (broad SMARTS) is 3. The van der Waals surface area contributed by atoms with Crippen molar-refractivity contribution in [3.05, 3.63) is 59.5 Å². The van der Waals surface area contributed by atoms with Gasteiger partial charge < -0.3 is 24.2 Å². The molecule has 0 aliphatic rings. The average Bonchev–Trinajstić information content (AvgIpc) is 3.20. The molecule has 0 bridgehead atoms. The lowest BCUT2D eigenvalue weighted by Gasteiger charge is -1.84. The van der Waals surface area contributed by atoms with Crippen molar-refractivity contribution in [2.75, 3.05) is 0 Å². The maximum absolute atomic E-state index is 10.3. The Bertz CT molecular complexity index is 820. The van der Waals surface area contributed by atoms with Gasteiger partial charge in [-0.15, -0.1) is 0 Å². The molecule has 0 aliphatic heterocycles. The van der Waals surface area contributed by atoms with Crippen molar-refractivity contribution in [2.45, 2.75) is 0 Å². The van der Waals surface area contributed by atoms with Gasteiger partial charge >= 0.3 is 17.9 Å². The van der Waals surface area contributed by atoms with Gasteiger partial charge in [0.1, 0.15) is 11.5 Å². The van der Waals surface area contributed by atoms with Gasteiger partial charge in [0.2, 0.25) is 5.76 Å². The molecule has 0 aromatic carbocycles. The van der Waals surface area contributed by atoms with Crippen molar-refractivity contribution in [3.8, 4) is 0 Å². The largest absolute Gasteiger partial charge is 0.478 e. The van der Waals surface area contributed by atoms with Crippen LogP contribution in [0.4, 0.5) is 0 Å². The van der Waals surface area contributed by atoms with Crippen LogP contribution < -0.4 is 0 Å². The predicted molar refractivity (Wildman–Crippen MR) is 83.1 cm³/mol. The highest BCUT2D eigenvalue weighted by Gasteiger charge is 2.06. The lowest BCUT2D eigenvalue weighted by atomic mass is 10.4. The van der Waals surface area contributed by atoms with E-state index < -0.39 is 17.9 Å². The zero-order chi connectivity index (χ0) is 18.8. The summed E-state index contributed by atoms with van der Waals surface area (Å²) in [5, 5.41) is 24.9. The third-order valence-electron chi connectivity index (χ3n) is 2.38. The Morgan fingerprint density at radius 3 is 1.64 bits per heavy atom. The summed E-state index contributed by atoms with van der Waals surface area (Å²) in [6.07, 6.45) is 4.81. The molecule has 0 atom stereocenters. The van der Waals surface area contributed by atoms with Crippen molar-refractivity contribution in [2.24, 2.45) is 0 Å². The molecular weight excluding hydrogens is 336 g/mol. The third kappa shape index (κ3) is 7.28. The van der Waals surface area contributed by atoms with E-state index in [-0.39, 0.29) is 17.3 Å². The zero-order valence-electron chi connectivity index (χ0n) is 12.5. The molecule has 9 nitrogen and oxygen atoms in total. The Morgan fingerprint density at radius 2 is 1.24 bits per heavy atom. The number of rotatable bonds is 6. The first-order valence-corrected chi connectivity index (χ1v) is 6.52. The number of carboxylic acids is 3. The molecule has 0 saturated heterocycles. The van der Waals surface area contributed by atoms with Crippen LogP contribution in [-0.2, 0) is 9.59 Å². The smallest absolute Gasteiger partial charge is 0.371 e. The topological polar surface area (TPSA) is 155 Å². The second-order valence-corrected chi connectivity index (χ2v) is 4.21. The Hall–Kier alpha value is -3.88. The number of aliphatic carboxylic acids is 2. The summed E-state index contributed by atoms with van der Waals surface area (Å²) in [5.74, 6) is -2.85. The van der Waals surface area contributed by atoms with Crippen LogP contribution in [0.2, 0.25) is 0 Å². The maximum Gasteiger partial charge on any atom is 0.371 e.